The summed E-state index contributed by atoms with van der Waals surface area (Å²) < 4.78 is 0.731. The monoisotopic (exact) mass is 434 g/mol. The molecule has 7 heteroatoms. The normalized spacial score (nSPS) is 13.1. The third-order valence-corrected chi connectivity index (χ3v) is 5.14. The molecule has 0 fully saturated rings. The van der Waals surface area contributed by atoms with Crippen LogP contribution in [0.5, 0.6) is 0 Å². The smallest absolute Gasteiger partial charge is 0.261 e. The van der Waals surface area contributed by atoms with Crippen molar-refractivity contribution in [3.63, 3.8) is 0 Å². The number of imide groups is 1. The van der Waals surface area contributed by atoms with Crippen LogP contribution >= 0.6 is 27.5 Å². The number of benzene rings is 2. The molecule has 0 bridgehead atoms. The molecule has 0 saturated heterocycles. The van der Waals surface area contributed by atoms with Crippen LogP contribution in [-0.2, 0) is 11.3 Å². The van der Waals surface area contributed by atoms with Gasteiger partial charge in [0.05, 0.1) is 11.1 Å². The van der Waals surface area contributed by atoms with Gasteiger partial charge < -0.3 is 4.90 Å². The van der Waals surface area contributed by atoms with Crippen molar-refractivity contribution in [1.82, 2.24) is 9.80 Å². The predicted octanol–water partition coefficient (Wildman–Crippen LogP) is 3.75. The highest BCUT2D eigenvalue weighted by molar-refractivity contribution is 9.10. The zero-order chi connectivity index (χ0) is 18.8. The van der Waals surface area contributed by atoms with E-state index in [2.05, 4.69) is 15.9 Å². The number of nitrogens with zero attached hydrogens (tertiary/aromatic N) is 2. The molecular weight excluding hydrogens is 420 g/mol. The second kappa shape index (κ2) is 7.60. The predicted molar refractivity (Wildman–Crippen MR) is 102 cm³/mol. The second-order valence-corrected chi connectivity index (χ2v) is 7.37. The fraction of sp³-hybridized carbons (Fsp3) is 0.211. The van der Waals surface area contributed by atoms with E-state index in [4.69, 9.17) is 11.6 Å². The summed E-state index contributed by atoms with van der Waals surface area (Å²) in [5.41, 5.74) is 1.58. The molecule has 2 aromatic carbocycles. The molecule has 26 heavy (non-hydrogen) atoms. The quantitative estimate of drug-likeness (QED) is 0.672. The van der Waals surface area contributed by atoms with Crippen LogP contribution in [0.4, 0.5) is 0 Å². The minimum atomic E-state index is -0.368. The Balaban J connectivity index is 1.62. The number of hydrogen-bond donors (Lipinski definition) is 0. The highest BCUT2D eigenvalue weighted by atomic mass is 79.9. The molecule has 134 valence electrons. The molecule has 5 nitrogen and oxygen atoms in total. The van der Waals surface area contributed by atoms with E-state index in [0.717, 1.165) is 14.9 Å². The minimum absolute atomic E-state index is 0.0513. The molecule has 1 aliphatic heterocycles. The van der Waals surface area contributed by atoms with Crippen LogP contribution in [-0.4, -0.2) is 41.1 Å². The Bertz CT molecular complexity index is 900. The number of fused-ring (bicyclic) bond motifs is 1. The summed E-state index contributed by atoms with van der Waals surface area (Å²) in [7, 11) is 1.67. The van der Waals surface area contributed by atoms with Crippen molar-refractivity contribution < 1.29 is 14.4 Å². The lowest BCUT2D eigenvalue weighted by molar-refractivity contribution is -0.130. The van der Waals surface area contributed by atoms with Crippen molar-refractivity contribution in [2.75, 3.05) is 13.6 Å². The number of rotatable bonds is 5. The van der Waals surface area contributed by atoms with Crippen LogP contribution in [0.25, 0.3) is 0 Å². The topological polar surface area (TPSA) is 57.7 Å². The van der Waals surface area contributed by atoms with E-state index in [1.807, 2.05) is 18.2 Å². The Kier molecular flexibility index (Phi) is 5.44. The zero-order valence-corrected chi connectivity index (χ0v) is 16.4. The van der Waals surface area contributed by atoms with E-state index >= 15 is 0 Å². The molecule has 1 heterocycles. The molecular formula is C19H16BrClN2O3. The Hall–Kier alpha value is -2.18. The van der Waals surface area contributed by atoms with Gasteiger partial charge in [-0.3, -0.25) is 19.3 Å². The first-order valence-electron chi connectivity index (χ1n) is 8.01. The van der Waals surface area contributed by atoms with Crippen molar-refractivity contribution in [1.29, 1.82) is 0 Å². The van der Waals surface area contributed by atoms with Crippen molar-refractivity contribution in [2.24, 2.45) is 0 Å². The average molecular weight is 436 g/mol. The van der Waals surface area contributed by atoms with Gasteiger partial charge in [0, 0.05) is 36.1 Å². The summed E-state index contributed by atoms with van der Waals surface area (Å²) in [5, 5.41) is 0.595. The molecule has 0 radical (unpaired) electrons. The molecule has 3 amide bonds. The van der Waals surface area contributed by atoms with Gasteiger partial charge in [0.1, 0.15) is 0 Å². The van der Waals surface area contributed by atoms with Crippen molar-refractivity contribution >= 4 is 45.3 Å². The molecule has 0 aromatic heterocycles. The average Bonchev–Trinajstić information content (AvgIpc) is 2.85. The van der Waals surface area contributed by atoms with Crippen LogP contribution in [0.1, 0.15) is 32.7 Å². The number of amides is 3. The molecule has 2 aromatic rings. The summed E-state index contributed by atoms with van der Waals surface area (Å²) in [6, 6.07) is 12.3. The van der Waals surface area contributed by atoms with Gasteiger partial charge >= 0.3 is 0 Å². The summed E-state index contributed by atoms with van der Waals surface area (Å²) in [6.07, 6.45) is 0.0631. The maximum absolute atomic E-state index is 12.4. The highest BCUT2D eigenvalue weighted by Gasteiger charge is 2.35. The van der Waals surface area contributed by atoms with Crippen LogP contribution < -0.4 is 0 Å². The number of carbonyl (C=O) groups excluding carboxylic acids is 3. The van der Waals surface area contributed by atoms with Crippen LogP contribution in [0.15, 0.2) is 46.9 Å². The van der Waals surface area contributed by atoms with Crippen molar-refractivity contribution in [2.45, 2.75) is 13.0 Å². The molecule has 0 aliphatic carbocycles. The van der Waals surface area contributed by atoms with Crippen LogP contribution in [0.3, 0.4) is 0 Å². The Morgan fingerprint density at radius 1 is 1.12 bits per heavy atom. The first-order chi connectivity index (χ1) is 12.4. The van der Waals surface area contributed by atoms with Crippen molar-refractivity contribution in [3.05, 3.63) is 68.7 Å². The first-order valence-corrected chi connectivity index (χ1v) is 9.18. The van der Waals surface area contributed by atoms with Crippen LogP contribution in [0, 0.1) is 0 Å². The van der Waals surface area contributed by atoms with Gasteiger partial charge in [-0.15, -0.1) is 0 Å². The van der Waals surface area contributed by atoms with Crippen molar-refractivity contribution in [3.8, 4) is 0 Å². The lowest BCUT2D eigenvalue weighted by Crippen LogP contribution is -2.35. The molecule has 1 aliphatic rings. The summed E-state index contributed by atoms with van der Waals surface area (Å²) >= 11 is 9.41. The van der Waals surface area contributed by atoms with E-state index < -0.39 is 0 Å². The van der Waals surface area contributed by atoms with E-state index in [-0.39, 0.29) is 30.7 Å². The molecule has 0 N–H and O–H groups in total. The van der Waals surface area contributed by atoms with Crippen LogP contribution in [0.2, 0.25) is 5.02 Å². The zero-order valence-electron chi connectivity index (χ0n) is 14.0. The summed E-state index contributed by atoms with van der Waals surface area (Å²) in [6.45, 7) is 0.420. The van der Waals surface area contributed by atoms with Gasteiger partial charge in [-0.05, 0) is 29.8 Å². The number of hydrogen-bond acceptors (Lipinski definition) is 3. The van der Waals surface area contributed by atoms with Gasteiger partial charge in [-0.1, -0.05) is 45.7 Å². The first kappa shape index (κ1) is 18.6. The molecule has 3 rings (SSSR count). The van der Waals surface area contributed by atoms with Gasteiger partial charge in [0.25, 0.3) is 11.8 Å². The SMILES string of the molecule is CN(Cc1ccccc1Cl)C(=O)CCN1C(=O)c2ccc(Br)cc2C1=O. The molecule has 0 unspecified atom stereocenters. The van der Waals surface area contributed by atoms with E-state index in [9.17, 15) is 14.4 Å². The Labute approximate surface area is 164 Å². The second-order valence-electron chi connectivity index (χ2n) is 6.04. The van der Waals surface area contributed by atoms with Gasteiger partial charge in [-0.2, -0.15) is 0 Å². The largest absolute Gasteiger partial charge is 0.341 e. The molecule has 0 saturated carbocycles. The van der Waals surface area contributed by atoms with Gasteiger partial charge in [0.2, 0.25) is 5.91 Å². The van der Waals surface area contributed by atoms with E-state index in [0.29, 0.717) is 22.7 Å². The number of halogens is 2. The lowest BCUT2D eigenvalue weighted by Gasteiger charge is -2.20. The highest BCUT2D eigenvalue weighted by Crippen LogP contribution is 2.26. The third-order valence-electron chi connectivity index (χ3n) is 4.27. The maximum Gasteiger partial charge on any atom is 0.261 e. The Morgan fingerprint density at radius 3 is 2.54 bits per heavy atom. The molecule has 0 atom stereocenters. The van der Waals surface area contributed by atoms with E-state index in [1.54, 1.807) is 31.3 Å². The maximum atomic E-state index is 12.4. The summed E-state index contributed by atoms with van der Waals surface area (Å²) in [4.78, 5) is 39.8. The lowest BCUT2D eigenvalue weighted by atomic mass is 10.1. The molecule has 0 spiro atoms. The Morgan fingerprint density at radius 2 is 1.81 bits per heavy atom. The fourth-order valence-electron chi connectivity index (χ4n) is 2.83. The van der Waals surface area contributed by atoms with Gasteiger partial charge in [0.15, 0.2) is 0 Å². The van der Waals surface area contributed by atoms with Gasteiger partial charge in [-0.25, -0.2) is 0 Å². The standard InChI is InChI=1S/C19H16BrClN2O3/c1-22(11-12-4-2-3-5-16(12)21)17(24)8-9-23-18(25)14-7-6-13(20)10-15(14)19(23)26/h2-7,10H,8-9,11H2,1H3. The summed E-state index contributed by atoms with van der Waals surface area (Å²) in [5.74, 6) is -0.894. The fourth-order valence-corrected chi connectivity index (χ4v) is 3.39. The number of carbonyl (C=O) groups is 3. The van der Waals surface area contributed by atoms with E-state index in [1.165, 1.54) is 4.90 Å². The minimum Gasteiger partial charge on any atom is -0.341 e. The third kappa shape index (κ3) is 3.66.